The molecule has 0 aromatic rings. The van der Waals surface area contributed by atoms with Crippen molar-refractivity contribution in [1.29, 1.82) is 0 Å². The lowest BCUT2D eigenvalue weighted by atomic mass is 10.3. The highest BCUT2D eigenvalue weighted by molar-refractivity contribution is 4.87. The summed E-state index contributed by atoms with van der Waals surface area (Å²) in [5, 5.41) is 8.70. The molecule has 1 atom stereocenters. The molecule has 11 heavy (non-hydrogen) atoms. The number of aliphatic hydroxyl groups is 1. The Balaban J connectivity index is 3.84. The minimum absolute atomic E-state index is 0.187. The maximum absolute atomic E-state index is 8.70. The third-order valence-corrected chi connectivity index (χ3v) is 1.67. The first kappa shape index (κ1) is 10.4. The molecule has 0 aromatic carbocycles. The summed E-state index contributed by atoms with van der Waals surface area (Å²) in [7, 11) is 0. The molecule has 0 aliphatic carbocycles. The summed E-state index contributed by atoms with van der Waals surface area (Å²) in [5.74, 6) is 0. The Kier molecular flexibility index (Phi) is 5.80. The van der Waals surface area contributed by atoms with Crippen LogP contribution in [0.15, 0.2) is 25.3 Å². The fraction of sp³-hybridized carbons (Fsp3) is 0.556. The van der Waals surface area contributed by atoms with Gasteiger partial charge < -0.3 is 5.11 Å². The zero-order valence-electron chi connectivity index (χ0n) is 7.16. The average Bonchev–Trinajstić information content (AvgIpc) is 2.03. The van der Waals surface area contributed by atoms with Gasteiger partial charge in [0.15, 0.2) is 0 Å². The van der Waals surface area contributed by atoms with Crippen molar-refractivity contribution in [1.82, 2.24) is 4.90 Å². The summed E-state index contributed by atoms with van der Waals surface area (Å²) in [6.07, 6.45) is 3.69. The minimum atomic E-state index is 0.187. The monoisotopic (exact) mass is 155 g/mol. The molecular formula is C9H17NO. The van der Waals surface area contributed by atoms with E-state index in [4.69, 9.17) is 5.11 Å². The van der Waals surface area contributed by atoms with E-state index < -0.39 is 0 Å². The van der Waals surface area contributed by atoms with Crippen LogP contribution in [0.1, 0.15) is 6.92 Å². The molecule has 2 nitrogen and oxygen atoms in total. The van der Waals surface area contributed by atoms with Crippen molar-refractivity contribution >= 4 is 0 Å². The first-order valence-electron chi connectivity index (χ1n) is 3.84. The molecule has 0 radical (unpaired) electrons. The van der Waals surface area contributed by atoms with Gasteiger partial charge in [0.2, 0.25) is 0 Å². The van der Waals surface area contributed by atoms with E-state index in [0.717, 1.165) is 6.54 Å². The fourth-order valence-corrected chi connectivity index (χ4v) is 0.905. The number of rotatable bonds is 6. The van der Waals surface area contributed by atoms with Crippen LogP contribution in [0.4, 0.5) is 0 Å². The highest BCUT2D eigenvalue weighted by atomic mass is 16.3. The van der Waals surface area contributed by atoms with Crippen molar-refractivity contribution < 1.29 is 5.11 Å². The second-order valence-electron chi connectivity index (χ2n) is 2.48. The molecule has 64 valence electrons. The molecule has 0 saturated carbocycles. The molecule has 0 rings (SSSR count). The van der Waals surface area contributed by atoms with E-state index in [2.05, 4.69) is 18.1 Å². The van der Waals surface area contributed by atoms with Crippen LogP contribution in [0.5, 0.6) is 0 Å². The fourth-order valence-electron chi connectivity index (χ4n) is 0.905. The van der Waals surface area contributed by atoms with Crippen LogP contribution in [0.25, 0.3) is 0 Å². The molecule has 2 heteroatoms. The summed E-state index contributed by atoms with van der Waals surface area (Å²) in [6.45, 7) is 11.0. The number of hydrogen-bond acceptors (Lipinski definition) is 2. The molecule has 1 N–H and O–H groups in total. The van der Waals surface area contributed by atoms with E-state index in [-0.39, 0.29) is 6.61 Å². The van der Waals surface area contributed by atoms with Gasteiger partial charge in [-0.1, -0.05) is 12.2 Å². The van der Waals surface area contributed by atoms with Gasteiger partial charge in [-0.2, -0.15) is 0 Å². The standard InChI is InChI=1S/C9H17NO/c1-4-6-10(7-8-11)9(3)5-2/h4-5,9,11H,1-2,6-8H2,3H3. The van der Waals surface area contributed by atoms with Gasteiger partial charge in [0.05, 0.1) is 6.61 Å². The lowest BCUT2D eigenvalue weighted by Gasteiger charge is -2.24. The molecule has 0 aromatic heterocycles. The Bertz CT molecular complexity index is 123. The third-order valence-electron chi connectivity index (χ3n) is 1.67. The quantitative estimate of drug-likeness (QED) is 0.579. The summed E-state index contributed by atoms with van der Waals surface area (Å²) in [6, 6.07) is 0.306. The van der Waals surface area contributed by atoms with Gasteiger partial charge in [0.1, 0.15) is 0 Å². The second kappa shape index (κ2) is 6.13. The molecule has 0 saturated heterocycles. The van der Waals surface area contributed by atoms with Gasteiger partial charge in [-0.15, -0.1) is 13.2 Å². The van der Waals surface area contributed by atoms with Crippen LogP contribution in [-0.2, 0) is 0 Å². The van der Waals surface area contributed by atoms with Gasteiger partial charge in [-0.25, -0.2) is 0 Å². The van der Waals surface area contributed by atoms with Crippen molar-refractivity contribution in [2.45, 2.75) is 13.0 Å². The topological polar surface area (TPSA) is 23.5 Å². The molecule has 0 spiro atoms. The van der Waals surface area contributed by atoms with Crippen LogP contribution in [0.3, 0.4) is 0 Å². The number of nitrogens with zero attached hydrogens (tertiary/aromatic N) is 1. The van der Waals surface area contributed by atoms with Crippen LogP contribution in [0, 0.1) is 0 Å². The number of aliphatic hydroxyl groups excluding tert-OH is 1. The van der Waals surface area contributed by atoms with Crippen LogP contribution >= 0.6 is 0 Å². The molecule has 0 bridgehead atoms. The highest BCUT2D eigenvalue weighted by Crippen LogP contribution is 1.98. The van der Waals surface area contributed by atoms with Gasteiger partial charge in [-0.05, 0) is 6.92 Å². The Morgan fingerprint density at radius 1 is 1.55 bits per heavy atom. The normalized spacial score (nSPS) is 13.0. The van der Waals surface area contributed by atoms with E-state index in [9.17, 15) is 0 Å². The lowest BCUT2D eigenvalue weighted by molar-refractivity contribution is 0.191. The largest absolute Gasteiger partial charge is 0.395 e. The van der Waals surface area contributed by atoms with Gasteiger partial charge >= 0.3 is 0 Å². The van der Waals surface area contributed by atoms with Crippen LogP contribution in [0.2, 0.25) is 0 Å². The van der Waals surface area contributed by atoms with Crippen LogP contribution in [-0.4, -0.2) is 35.7 Å². The van der Waals surface area contributed by atoms with E-state index in [1.807, 2.05) is 19.1 Å². The lowest BCUT2D eigenvalue weighted by Crippen LogP contribution is -2.34. The Morgan fingerprint density at radius 2 is 2.18 bits per heavy atom. The van der Waals surface area contributed by atoms with Crippen molar-refractivity contribution in [2.75, 3.05) is 19.7 Å². The van der Waals surface area contributed by atoms with E-state index in [0.29, 0.717) is 12.6 Å². The zero-order chi connectivity index (χ0) is 8.69. The van der Waals surface area contributed by atoms with E-state index in [1.54, 1.807) is 0 Å². The first-order chi connectivity index (χ1) is 5.26. The van der Waals surface area contributed by atoms with Crippen molar-refractivity contribution in [3.8, 4) is 0 Å². The average molecular weight is 155 g/mol. The predicted molar refractivity (Wildman–Crippen MR) is 48.5 cm³/mol. The first-order valence-corrected chi connectivity index (χ1v) is 3.84. The van der Waals surface area contributed by atoms with E-state index in [1.165, 1.54) is 0 Å². The minimum Gasteiger partial charge on any atom is -0.395 e. The predicted octanol–water partition coefficient (Wildman–Crippen LogP) is 1.04. The maximum Gasteiger partial charge on any atom is 0.0558 e. The zero-order valence-corrected chi connectivity index (χ0v) is 7.16. The smallest absolute Gasteiger partial charge is 0.0558 e. The van der Waals surface area contributed by atoms with Crippen molar-refractivity contribution in [3.63, 3.8) is 0 Å². The molecular weight excluding hydrogens is 138 g/mol. The Labute approximate surface area is 68.8 Å². The summed E-state index contributed by atoms with van der Waals surface area (Å²) < 4.78 is 0. The molecule has 1 unspecified atom stereocenters. The maximum atomic E-state index is 8.70. The van der Waals surface area contributed by atoms with Crippen LogP contribution < -0.4 is 0 Å². The molecule has 0 heterocycles. The molecule has 0 aliphatic rings. The van der Waals surface area contributed by atoms with Crippen molar-refractivity contribution in [2.24, 2.45) is 0 Å². The van der Waals surface area contributed by atoms with Gasteiger partial charge in [-0.3, -0.25) is 4.90 Å². The molecule has 0 aliphatic heterocycles. The number of hydrogen-bond donors (Lipinski definition) is 1. The van der Waals surface area contributed by atoms with Crippen molar-refractivity contribution in [3.05, 3.63) is 25.3 Å². The second-order valence-corrected chi connectivity index (χ2v) is 2.48. The highest BCUT2D eigenvalue weighted by Gasteiger charge is 2.06. The van der Waals surface area contributed by atoms with Gasteiger partial charge in [0.25, 0.3) is 0 Å². The van der Waals surface area contributed by atoms with Gasteiger partial charge in [0, 0.05) is 19.1 Å². The SMILES string of the molecule is C=CCN(CCO)C(C)C=C. The molecule has 0 amide bonds. The Morgan fingerprint density at radius 3 is 2.55 bits per heavy atom. The molecule has 0 fully saturated rings. The van der Waals surface area contributed by atoms with E-state index >= 15 is 0 Å². The third kappa shape index (κ3) is 3.96. The summed E-state index contributed by atoms with van der Waals surface area (Å²) >= 11 is 0. The summed E-state index contributed by atoms with van der Waals surface area (Å²) in [5.41, 5.74) is 0. The Hall–Kier alpha value is -0.600. The summed E-state index contributed by atoms with van der Waals surface area (Å²) in [4.78, 5) is 2.10.